The Labute approximate surface area is 120 Å². The molecule has 0 aliphatic rings. The number of rotatable bonds is 5. The van der Waals surface area contributed by atoms with E-state index in [9.17, 15) is 13.6 Å². The number of amides is 1. The zero-order chi connectivity index (χ0) is 15.6. The molecule has 2 heterocycles. The molecule has 0 unspecified atom stereocenters. The third-order valence-electron chi connectivity index (χ3n) is 3.09. The van der Waals surface area contributed by atoms with Crippen molar-refractivity contribution in [2.75, 3.05) is 19.7 Å². The number of hydrogen-bond acceptors (Lipinski definition) is 4. The van der Waals surface area contributed by atoms with E-state index >= 15 is 0 Å². The minimum Gasteiger partial charge on any atom is -0.395 e. The molecule has 0 aromatic carbocycles. The quantitative estimate of drug-likeness (QED) is 0.895. The van der Waals surface area contributed by atoms with Crippen LogP contribution >= 0.6 is 0 Å². The molecule has 2 aromatic rings. The maximum absolute atomic E-state index is 12.5. The lowest BCUT2D eigenvalue weighted by atomic mass is 10.2. The van der Waals surface area contributed by atoms with Gasteiger partial charge in [0.2, 0.25) is 0 Å². The maximum atomic E-state index is 12.5. The number of aliphatic hydroxyl groups excluding tert-OH is 1. The molecule has 114 valence electrons. The highest BCUT2D eigenvalue weighted by Crippen LogP contribution is 2.14. The van der Waals surface area contributed by atoms with Crippen molar-refractivity contribution < 1.29 is 18.7 Å². The second-order valence-corrected chi connectivity index (χ2v) is 4.68. The molecule has 0 spiro atoms. The number of aliphatic hydroxyl groups is 1. The first-order valence-electron chi connectivity index (χ1n) is 6.44. The molecule has 0 aliphatic heterocycles. The van der Waals surface area contributed by atoms with Gasteiger partial charge in [0.1, 0.15) is 0 Å². The van der Waals surface area contributed by atoms with Crippen LogP contribution in [0.15, 0.2) is 12.3 Å². The number of carbonyl (C=O) groups is 1. The van der Waals surface area contributed by atoms with E-state index in [1.807, 2.05) is 0 Å². The van der Waals surface area contributed by atoms with E-state index in [4.69, 9.17) is 5.11 Å². The molecule has 0 saturated heterocycles. The zero-order valence-corrected chi connectivity index (χ0v) is 11.8. The number of nitrogens with zero attached hydrogens (tertiary/aromatic N) is 4. The van der Waals surface area contributed by atoms with Crippen LogP contribution in [0.5, 0.6) is 0 Å². The molecule has 2 aromatic heterocycles. The Morgan fingerprint density at radius 2 is 2.19 bits per heavy atom. The molecule has 8 heteroatoms. The van der Waals surface area contributed by atoms with E-state index in [2.05, 4.69) is 10.1 Å². The standard InChI is InChI=1S/C13H16F2N4O2/c1-8-5-12-16-6-10(9(2)19(12)17-8)13(21)18(3-4-20)7-11(14)15/h5-6,11,20H,3-4,7H2,1-2H3. The Balaban J connectivity index is 2.39. The fourth-order valence-corrected chi connectivity index (χ4v) is 2.11. The van der Waals surface area contributed by atoms with Gasteiger partial charge in [-0.3, -0.25) is 4.79 Å². The summed E-state index contributed by atoms with van der Waals surface area (Å²) in [5, 5.41) is 13.1. The van der Waals surface area contributed by atoms with Crippen LogP contribution < -0.4 is 0 Å². The van der Waals surface area contributed by atoms with Gasteiger partial charge in [0.15, 0.2) is 5.65 Å². The number of aryl methyl sites for hydroxylation is 2. The van der Waals surface area contributed by atoms with Gasteiger partial charge in [0.05, 0.1) is 30.1 Å². The van der Waals surface area contributed by atoms with E-state index < -0.39 is 18.9 Å². The summed E-state index contributed by atoms with van der Waals surface area (Å²) in [7, 11) is 0. The van der Waals surface area contributed by atoms with Crippen LogP contribution in [0, 0.1) is 13.8 Å². The van der Waals surface area contributed by atoms with Crippen molar-refractivity contribution in [2.24, 2.45) is 0 Å². The number of carbonyl (C=O) groups excluding carboxylic acids is 1. The fraction of sp³-hybridized carbons (Fsp3) is 0.462. The summed E-state index contributed by atoms with van der Waals surface area (Å²) < 4.78 is 26.6. The predicted octanol–water partition coefficient (Wildman–Crippen LogP) is 1.05. The normalized spacial score (nSPS) is 11.3. The Morgan fingerprint density at radius 1 is 1.48 bits per heavy atom. The third kappa shape index (κ3) is 3.15. The topological polar surface area (TPSA) is 70.7 Å². The molecule has 6 nitrogen and oxygen atoms in total. The molecule has 0 saturated carbocycles. The SMILES string of the molecule is Cc1cc2ncc(C(=O)N(CCO)CC(F)F)c(C)n2n1. The first kappa shape index (κ1) is 15.3. The largest absolute Gasteiger partial charge is 0.395 e. The molecule has 1 N–H and O–H groups in total. The number of aromatic nitrogens is 3. The molecule has 0 radical (unpaired) electrons. The first-order chi connectivity index (χ1) is 9.93. The lowest BCUT2D eigenvalue weighted by molar-refractivity contribution is 0.0507. The van der Waals surface area contributed by atoms with E-state index in [-0.39, 0.29) is 18.7 Å². The van der Waals surface area contributed by atoms with E-state index in [0.717, 1.165) is 10.6 Å². The fourth-order valence-electron chi connectivity index (χ4n) is 2.11. The van der Waals surface area contributed by atoms with Crippen LogP contribution in [-0.2, 0) is 0 Å². The van der Waals surface area contributed by atoms with E-state index in [0.29, 0.717) is 11.3 Å². The molecule has 1 amide bonds. The van der Waals surface area contributed by atoms with Crippen LogP contribution in [0.2, 0.25) is 0 Å². The predicted molar refractivity (Wildman–Crippen MR) is 71.5 cm³/mol. The van der Waals surface area contributed by atoms with Crippen LogP contribution in [-0.4, -0.2) is 56.6 Å². The molecule has 2 rings (SSSR count). The average molecular weight is 298 g/mol. The molecule has 0 bridgehead atoms. The van der Waals surface area contributed by atoms with Crippen molar-refractivity contribution in [3.05, 3.63) is 29.2 Å². The van der Waals surface area contributed by atoms with E-state index in [1.54, 1.807) is 19.9 Å². The first-order valence-corrected chi connectivity index (χ1v) is 6.44. The number of halogens is 2. The zero-order valence-electron chi connectivity index (χ0n) is 11.8. The molecular weight excluding hydrogens is 282 g/mol. The van der Waals surface area contributed by atoms with Gasteiger partial charge in [0.25, 0.3) is 12.3 Å². The lowest BCUT2D eigenvalue weighted by Crippen LogP contribution is -2.37. The Morgan fingerprint density at radius 3 is 2.81 bits per heavy atom. The van der Waals surface area contributed by atoms with Crippen LogP contribution in [0.1, 0.15) is 21.7 Å². The summed E-state index contributed by atoms with van der Waals surface area (Å²) in [6, 6.07) is 1.76. The van der Waals surface area contributed by atoms with Gasteiger partial charge in [0, 0.05) is 18.8 Å². The summed E-state index contributed by atoms with van der Waals surface area (Å²) in [4.78, 5) is 17.4. The Bertz CT molecular complexity index is 657. The molecule has 0 atom stereocenters. The molecule has 0 aliphatic carbocycles. The minimum atomic E-state index is -2.66. The molecular formula is C13H16F2N4O2. The molecule has 21 heavy (non-hydrogen) atoms. The number of hydrogen-bond donors (Lipinski definition) is 1. The Kier molecular flexibility index (Phi) is 4.46. The van der Waals surface area contributed by atoms with Gasteiger partial charge in [-0.2, -0.15) is 5.10 Å². The van der Waals surface area contributed by atoms with E-state index in [1.165, 1.54) is 10.7 Å². The number of fused-ring (bicyclic) bond motifs is 1. The second-order valence-electron chi connectivity index (χ2n) is 4.68. The van der Waals surface area contributed by atoms with Crippen molar-refractivity contribution >= 4 is 11.6 Å². The Hall–Kier alpha value is -2.09. The highest BCUT2D eigenvalue weighted by molar-refractivity contribution is 5.95. The summed E-state index contributed by atoms with van der Waals surface area (Å²) in [5.74, 6) is -0.593. The van der Waals surface area contributed by atoms with Gasteiger partial charge in [-0.15, -0.1) is 0 Å². The van der Waals surface area contributed by atoms with Gasteiger partial charge >= 0.3 is 0 Å². The van der Waals surface area contributed by atoms with Crippen molar-refractivity contribution in [1.29, 1.82) is 0 Å². The lowest BCUT2D eigenvalue weighted by Gasteiger charge is -2.22. The summed E-state index contributed by atoms with van der Waals surface area (Å²) >= 11 is 0. The van der Waals surface area contributed by atoms with Gasteiger partial charge in [-0.25, -0.2) is 18.3 Å². The highest BCUT2D eigenvalue weighted by atomic mass is 19.3. The van der Waals surface area contributed by atoms with Crippen molar-refractivity contribution in [3.63, 3.8) is 0 Å². The number of alkyl halides is 2. The van der Waals surface area contributed by atoms with Crippen LogP contribution in [0.4, 0.5) is 8.78 Å². The van der Waals surface area contributed by atoms with Gasteiger partial charge in [-0.05, 0) is 13.8 Å². The van der Waals surface area contributed by atoms with Gasteiger partial charge < -0.3 is 10.0 Å². The maximum Gasteiger partial charge on any atom is 0.257 e. The van der Waals surface area contributed by atoms with Crippen LogP contribution in [0.3, 0.4) is 0 Å². The monoisotopic (exact) mass is 298 g/mol. The summed E-state index contributed by atoms with van der Waals surface area (Å²) in [6.07, 6.45) is -1.31. The third-order valence-corrected chi connectivity index (χ3v) is 3.09. The minimum absolute atomic E-state index is 0.154. The van der Waals surface area contributed by atoms with Crippen molar-refractivity contribution in [1.82, 2.24) is 19.5 Å². The van der Waals surface area contributed by atoms with Crippen LogP contribution in [0.25, 0.3) is 5.65 Å². The average Bonchev–Trinajstić information content (AvgIpc) is 2.79. The van der Waals surface area contributed by atoms with Crippen molar-refractivity contribution in [2.45, 2.75) is 20.3 Å². The summed E-state index contributed by atoms with van der Waals surface area (Å²) in [6.45, 7) is 2.21. The smallest absolute Gasteiger partial charge is 0.257 e. The highest BCUT2D eigenvalue weighted by Gasteiger charge is 2.22. The molecule has 0 fully saturated rings. The van der Waals surface area contributed by atoms with Crippen molar-refractivity contribution in [3.8, 4) is 0 Å². The second kappa shape index (κ2) is 6.13. The summed E-state index contributed by atoms with van der Waals surface area (Å²) in [5.41, 5.74) is 2.05. The van der Waals surface area contributed by atoms with Gasteiger partial charge in [-0.1, -0.05) is 0 Å².